The third-order valence-electron chi connectivity index (χ3n) is 3.73. The molecule has 0 spiro atoms. The second-order valence-electron chi connectivity index (χ2n) is 5.40. The minimum atomic E-state index is -0.629. The number of aryl methyl sites for hydroxylation is 1. The Labute approximate surface area is 145 Å². The molecule has 3 heterocycles. The van der Waals surface area contributed by atoms with Gasteiger partial charge in [-0.15, -0.1) is 22.7 Å². The van der Waals surface area contributed by atoms with Crippen LogP contribution in [-0.4, -0.2) is 22.8 Å². The summed E-state index contributed by atoms with van der Waals surface area (Å²) in [5.41, 5.74) is 1.36. The van der Waals surface area contributed by atoms with Crippen LogP contribution in [0.25, 0.3) is 9.40 Å². The molecule has 5 nitrogen and oxygen atoms in total. The second-order valence-corrected chi connectivity index (χ2v) is 7.57. The van der Waals surface area contributed by atoms with E-state index in [9.17, 15) is 14.4 Å². The van der Waals surface area contributed by atoms with E-state index in [-0.39, 0.29) is 17.5 Å². The van der Waals surface area contributed by atoms with Crippen molar-refractivity contribution in [1.29, 1.82) is 0 Å². The summed E-state index contributed by atoms with van der Waals surface area (Å²) in [5, 5.41) is 2.46. The summed E-state index contributed by atoms with van der Waals surface area (Å²) >= 11 is 3.18. The van der Waals surface area contributed by atoms with Crippen LogP contribution < -0.4 is 0 Å². The predicted octanol–water partition coefficient (Wildman–Crippen LogP) is 3.57. The van der Waals surface area contributed by atoms with Gasteiger partial charge < -0.3 is 4.84 Å². The molecule has 4 rings (SSSR count). The van der Waals surface area contributed by atoms with Crippen molar-refractivity contribution in [2.24, 2.45) is 0 Å². The fourth-order valence-corrected chi connectivity index (χ4v) is 4.94. The summed E-state index contributed by atoms with van der Waals surface area (Å²) in [6, 6.07) is 8.48. The van der Waals surface area contributed by atoms with Crippen LogP contribution in [0.5, 0.6) is 0 Å². The highest BCUT2D eigenvalue weighted by atomic mass is 32.1. The van der Waals surface area contributed by atoms with Crippen molar-refractivity contribution in [3.05, 3.63) is 57.3 Å². The molecule has 1 aliphatic heterocycles. The summed E-state index contributed by atoms with van der Waals surface area (Å²) in [7, 11) is 0. The monoisotopic (exact) mass is 357 g/mol. The molecule has 3 aromatic rings. The van der Waals surface area contributed by atoms with E-state index < -0.39 is 17.8 Å². The van der Waals surface area contributed by atoms with Crippen LogP contribution in [-0.2, 0) is 16.1 Å². The Morgan fingerprint density at radius 2 is 1.83 bits per heavy atom. The van der Waals surface area contributed by atoms with Crippen LogP contribution in [0.2, 0.25) is 0 Å². The van der Waals surface area contributed by atoms with Crippen molar-refractivity contribution < 1.29 is 19.2 Å². The summed E-state index contributed by atoms with van der Waals surface area (Å²) in [5.74, 6) is -1.84. The van der Waals surface area contributed by atoms with Crippen molar-refractivity contribution in [2.45, 2.75) is 13.3 Å². The third-order valence-corrected chi connectivity index (χ3v) is 5.96. The first-order valence-electron chi connectivity index (χ1n) is 7.19. The third kappa shape index (κ3) is 2.33. The summed E-state index contributed by atoms with van der Waals surface area (Å²) in [6.45, 7) is 2.01. The zero-order chi connectivity index (χ0) is 16.8. The maximum Gasteiger partial charge on any atom is 0.337 e. The molecule has 0 bridgehead atoms. The van der Waals surface area contributed by atoms with Gasteiger partial charge in [0.05, 0.1) is 17.5 Å². The predicted molar refractivity (Wildman–Crippen MR) is 91.2 cm³/mol. The minimum Gasteiger partial charge on any atom is -0.329 e. The molecule has 1 aromatic carbocycles. The van der Waals surface area contributed by atoms with Crippen LogP contribution in [0.1, 0.15) is 31.2 Å². The number of imide groups is 1. The molecule has 0 saturated heterocycles. The Balaban J connectivity index is 1.53. The Kier molecular flexibility index (Phi) is 3.47. The van der Waals surface area contributed by atoms with E-state index in [1.54, 1.807) is 46.9 Å². The Morgan fingerprint density at radius 3 is 2.50 bits per heavy atom. The Hall–Kier alpha value is -2.51. The first-order chi connectivity index (χ1) is 11.5. The lowest BCUT2D eigenvalue weighted by Gasteiger charge is -2.12. The van der Waals surface area contributed by atoms with E-state index in [4.69, 9.17) is 4.84 Å². The lowest BCUT2D eigenvalue weighted by Crippen LogP contribution is -2.33. The van der Waals surface area contributed by atoms with Crippen LogP contribution in [0.15, 0.2) is 35.7 Å². The number of hydrogen-bond donors (Lipinski definition) is 0. The molecule has 120 valence electrons. The fraction of sp³-hybridized carbons (Fsp3) is 0.118. The van der Waals surface area contributed by atoms with Crippen LogP contribution in [0.4, 0.5) is 0 Å². The Morgan fingerprint density at radius 1 is 1.17 bits per heavy atom. The van der Waals surface area contributed by atoms with E-state index in [1.807, 2.05) is 12.3 Å². The largest absolute Gasteiger partial charge is 0.337 e. The highest BCUT2D eigenvalue weighted by Gasteiger charge is 2.38. The average molecular weight is 357 g/mol. The number of thiophene rings is 2. The van der Waals surface area contributed by atoms with Crippen molar-refractivity contribution in [3.8, 4) is 0 Å². The van der Waals surface area contributed by atoms with Crippen LogP contribution in [0, 0.1) is 6.92 Å². The van der Waals surface area contributed by atoms with Crippen LogP contribution in [0.3, 0.4) is 0 Å². The van der Waals surface area contributed by atoms with E-state index in [1.165, 1.54) is 4.88 Å². The van der Waals surface area contributed by atoms with Gasteiger partial charge in [-0.25, -0.2) is 4.79 Å². The molecule has 0 radical (unpaired) electrons. The lowest BCUT2D eigenvalue weighted by atomic mass is 10.1. The molecule has 0 fully saturated rings. The van der Waals surface area contributed by atoms with Gasteiger partial charge in [0, 0.05) is 14.3 Å². The van der Waals surface area contributed by atoms with Gasteiger partial charge in [-0.05, 0) is 36.1 Å². The number of hydroxylamine groups is 2. The second kappa shape index (κ2) is 5.54. The standard InChI is InChI=1S/C17H11NO4S2/c1-9-6-13-15(24-9)10(8-23-13)7-14(19)22-18-16(20)11-4-2-3-5-12(11)17(18)21/h2-6,8H,7H2,1H3. The maximum absolute atomic E-state index is 12.2. The number of fused-ring (bicyclic) bond motifs is 2. The van der Waals surface area contributed by atoms with E-state index in [0.29, 0.717) is 5.06 Å². The number of amides is 2. The zero-order valence-corrected chi connectivity index (χ0v) is 14.2. The van der Waals surface area contributed by atoms with E-state index >= 15 is 0 Å². The molecular weight excluding hydrogens is 346 g/mol. The van der Waals surface area contributed by atoms with Gasteiger partial charge in [-0.1, -0.05) is 17.2 Å². The first-order valence-corrected chi connectivity index (χ1v) is 8.89. The molecule has 7 heteroatoms. The number of carbonyl (C=O) groups excluding carboxylic acids is 3. The number of carbonyl (C=O) groups is 3. The molecule has 1 aliphatic rings. The van der Waals surface area contributed by atoms with Crippen LogP contribution >= 0.6 is 22.7 Å². The average Bonchev–Trinajstić information content (AvgIpc) is 3.17. The van der Waals surface area contributed by atoms with Gasteiger partial charge in [0.2, 0.25) is 0 Å². The molecule has 2 aromatic heterocycles. The van der Waals surface area contributed by atoms with Gasteiger partial charge in [0.15, 0.2) is 0 Å². The number of nitrogens with zero attached hydrogens (tertiary/aromatic N) is 1. The summed E-state index contributed by atoms with van der Waals surface area (Å²) < 4.78 is 2.18. The van der Waals surface area contributed by atoms with Crippen molar-refractivity contribution in [3.63, 3.8) is 0 Å². The molecule has 24 heavy (non-hydrogen) atoms. The van der Waals surface area contributed by atoms with E-state index in [2.05, 4.69) is 6.07 Å². The lowest BCUT2D eigenvalue weighted by molar-refractivity contribution is -0.167. The summed E-state index contributed by atoms with van der Waals surface area (Å²) in [6.07, 6.45) is 0.0212. The maximum atomic E-state index is 12.2. The first kappa shape index (κ1) is 15.0. The molecule has 0 unspecified atom stereocenters. The highest BCUT2D eigenvalue weighted by molar-refractivity contribution is 7.27. The number of hydrogen-bond acceptors (Lipinski definition) is 6. The van der Waals surface area contributed by atoms with Gasteiger partial charge in [-0.3, -0.25) is 9.59 Å². The quantitative estimate of drug-likeness (QED) is 0.672. The van der Waals surface area contributed by atoms with Gasteiger partial charge in [-0.2, -0.15) is 0 Å². The number of benzene rings is 1. The summed E-state index contributed by atoms with van der Waals surface area (Å²) in [4.78, 5) is 42.8. The van der Waals surface area contributed by atoms with Crippen molar-refractivity contribution in [1.82, 2.24) is 5.06 Å². The molecule has 2 amide bonds. The zero-order valence-electron chi connectivity index (χ0n) is 12.6. The Bertz CT molecular complexity index is 966. The SMILES string of the molecule is Cc1cc2scc(CC(=O)ON3C(=O)c4ccccc4C3=O)c2s1. The normalized spacial score (nSPS) is 13.6. The molecule has 0 aliphatic carbocycles. The van der Waals surface area contributed by atoms with Gasteiger partial charge in [0.25, 0.3) is 11.8 Å². The molecule has 0 atom stereocenters. The topological polar surface area (TPSA) is 63.7 Å². The van der Waals surface area contributed by atoms with Gasteiger partial charge in [0.1, 0.15) is 0 Å². The minimum absolute atomic E-state index is 0.0212. The van der Waals surface area contributed by atoms with Crippen molar-refractivity contribution >= 4 is 49.9 Å². The van der Waals surface area contributed by atoms with E-state index in [0.717, 1.165) is 15.0 Å². The number of rotatable bonds is 3. The van der Waals surface area contributed by atoms with Gasteiger partial charge >= 0.3 is 5.97 Å². The smallest absolute Gasteiger partial charge is 0.329 e. The highest BCUT2D eigenvalue weighted by Crippen LogP contribution is 2.34. The molecular formula is C17H11NO4S2. The molecule has 0 saturated carbocycles. The molecule has 0 N–H and O–H groups in total. The van der Waals surface area contributed by atoms with Crippen molar-refractivity contribution in [2.75, 3.05) is 0 Å². The fourth-order valence-electron chi connectivity index (χ4n) is 2.65.